The molecule has 0 aliphatic carbocycles. The van der Waals surface area contributed by atoms with Gasteiger partial charge in [-0.15, -0.1) is 0 Å². The summed E-state index contributed by atoms with van der Waals surface area (Å²) in [5, 5.41) is 0.350. The van der Waals surface area contributed by atoms with Gasteiger partial charge in [-0.05, 0) is 18.6 Å². The highest BCUT2D eigenvalue weighted by molar-refractivity contribution is 7.84. The number of nitrogens with zero attached hydrogens (tertiary/aromatic N) is 1. The Morgan fingerprint density at radius 1 is 1.50 bits per heavy atom. The lowest BCUT2D eigenvalue weighted by Gasteiger charge is -1.96. The summed E-state index contributed by atoms with van der Waals surface area (Å²) in [7, 11) is -1.28. The van der Waals surface area contributed by atoms with E-state index in [0.29, 0.717) is 5.17 Å². The molecule has 0 N–H and O–H groups in total. The second-order valence-electron chi connectivity index (χ2n) is 2.63. The summed E-state index contributed by atoms with van der Waals surface area (Å²) in [4.78, 5) is 0.722. The van der Waals surface area contributed by atoms with E-state index in [1.807, 2.05) is 25.1 Å². The van der Waals surface area contributed by atoms with Gasteiger partial charge in [-0.3, -0.25) is 0 Å². The monoisotopic (exact) mass is 199 g/mol. The third-order valence-electron chi connectivity index (χ3n) is 1.71. The molecule has 0 saturated carbocycles. The van der Waals surface area contributed by atoms with E-state index in [9.17, 15) is 4.21 Å². The summed E-state index contributed by atoms with van der Waals surface area (Å²) >= 11 is 5.75. The van der Waals surface area contributed by atoms with Crippen LogP contribution in [0.15, 0.2) is 27.5 Å². The van der Waals surface area contributed by atoms with Crippen molar-refractivity contribution in [2.24, 2.45) is 4.40 Å². The number of hydrogen-bond donors (Lipinski definition) is 0. The molecular formula is C8H6ClNOS. The molecule has 1 unspecified atom stereocenters. The van der Waals surface area contributed by atoms with Crippen molar-refractivity contribution in [1.29, 1.82) is 0 Å². The van der Waals surface area contributed by atoms with Gasteiger partial charge < -0.3 is 0 Å². The standard InChI is InChI=1S/C8H6ClNOS/c1-5-2-3-6-7(4-5)12(11)10-8(6)9/h2-4H,1H3. The van der Waals surface area contributed by atoms with Crippen molar-refractivity contribution < 1.29 is 4.21 Å². The fourth-order valence-corrected chi connectivity index (χ4v) is 2.51. The Bertz CT molecular complexity index is 400. The lowest BCUT2D eigenvalue weighted by molar-refractivity contribution is 0.685. The third kappa shape index (κ3) is 1.09. The van der Waals surface area contributed by atoms with Crippen LogP contribution in [0.3, 0.4) is 0 Å². The molecule has 62 valence electrons. The smallest absolute Gasteiger partial charge is 0.174 e. The van der Waals surface area contributed by atoms with Gasteiger partial charge in [0, 0.05) is 5.56 Å². The molecule has 0 spiro atoms. The molecule has 0 aromatic heterocycles. The lowest BCUT2D eigenvalue weighted by atomic mass is 10.2. The minimum absolute atomic E-state index is 0.350. The Kier molecular flexibility index (Phi) is 1.77. The maximum absolute atomic E-state index is 11.3. The van der Waals surface area contributed by atoms with Crippen molar-refractivity contribution in [1.82, 2.24) is 0 Å². The van der Waals surface area contributed by atoms with Crippen molar-refractivity contribution in [3.05, 3.63) is 29.3 Å². The Labute approximate surface area is 77.9 Å². The number of benzene rings is 1. The van der Waals surface area contributed by atoms with Gasteiger partial charge in [0.1, 0.15) is 5.17 Å². The minimum Gasteiger partial charge on any atom is -0.229 e. The first kappa shape index (κ1) is 7.95. The minimum atomic E-state index is -1.28. The second-order valence-corrected chi connectivity index (χ2v) is 4.11. The third-order valence-corrected chi connectivity index (χ3v) is 3.16. The van der Waals surface area contributed by atoms with Gasteiger partial charge in [0.15, 0.2) is 11.0 Å². The zero-order valence-corrected chi connectivity index (χ0v) is 7.95. The van der Waals surface area contributed by atoms with Gasteiger partial charge in [0.05, 0.1) is 4.90 Å². The summed E-state index contributed by atoms with van der Waals surface area (Å²) in [6.45, 7) is 1.95. The number of aryl methyl sites for hydroxylation is 1. The largest absolute Gasteiger partial charge is 0.229 e. The first-order valence-corrected chi connectivity index (χ1v) is 4.94. The molecule has 1 aromatic rings. The van der Waals surface area contributed by atoms with E-state index in [0.717, 1.165) is 16.0 Å². The van der Waals surface area contributed by atoms with E-state index in [1.165, 1.54) is 0 Å². The molecule has 0 radical (unpaired) electrons. The molecule has 1 heterocycles. The van der Waals surface area contributed by atoms with E-state index >= 15 is 0 Å². The maximum Gasteiger partial charge on any atom is 0.174 e. The molecule has 2 rings (SSSR count). The highest BCUT2D eigenvalue weighted by Crippen LogP contribution is 2.25. The normalized spacial score (nSPS) is 20.5. The summed E-state index contributed by atoms with van der Waals surface area (Å²) in [6.07, 6.45) is 0. The topological polar surface area (TPSA) is 29.4 Å². The SMILES string of the molecule is Cc1ccc2c(c1)S(=O)N=C2Cl. The van der Waals surface area contributed by atoms with Crippen LogP contribution in [0.25, 0.3) is 0 Å². The van der Waals surface area contributed by atoms with Gasteiger partial charge >= 0.3 is 0 Å². The molecule has 1 atom stereocenters. The van der Waals surface area contributed by atoms with Crippen LogP contribution in [0.4, 0.5) is 0 Å². The zero-order valence-electron chi connectivity index (χ0n) is 6.37. The molecule has 0 bridgehead atoms. The molecule has 0 amide bonds. The van der Waals surface area contributed by atoms with Crippen LogP contribution < -0.4 is 0 Å². The molecule has 2 nitrogen and oxygen atoms in total. The predicted octanol–water partition coefficient (Wildman–Crippen LogP) is 2.02. The van der Waals surface area contributed by atoms with Crippen LogP contribution >= 0.6 is 11.6 Å². The highest BCUT2D eigenvalue weighted by Gasteiger charge is 2.20. The number of fused-ring (bicyclic) bond motifs is 1. The van der Waals surface area contributed by atoms with Gasteiger partial charge in [0.2, 0.25) is 0 Å². The summed E-state index contributed by atoms with van der Waals surface area (Å²) in [5.41, 5.74) is 1.87. The van der Waals surface area contributed by atoms with E-state index < -0.39 is 11.0 Å². The van der Waals surface area contributed by atoms with Crippen LogP contribution in [-0.2, 0) is 11.0 Å². The molecule has 12 heavy (non-hydrogen) atoms. The van der Waals surface area contributed by atoms with Crippen LogP contribution in [0.1, 0.15) is 11.1 Å². The van der Waals surface area contributed by atoms with Gasteiger partial charge in [-0.2, -0.15) is 4.40 Å². The molecule has 0 fully saturated rings. The summed E-state index contributed by atoms with van der Waals surface area (Å²) < 4.78 is 15.0. The van der Waals surface area contributed by atoms with Gasteiger partial charge in [0.25, 0.3) is 0 Å². The van der Waals surface area contributed by atoms with E-state index in [-0.39, 0.29) is 0 Å². The van der Waals surface area contributed by atoms with Crippen molar-refractivity contribution >= 4 is 27.8 Å². The first-order valence-electron chi connectivity index (χ1n) is 3.45. The molecular weight excluding hydrogens is 194 g/mol. The zero-order chi connectivity index (χ0) is 8.72. The van der Waals surface area contributed by atoms with E-state index in [1.54, 1.807) is 0 Å². The molecule has 1 aliphatic heterocycles. The average Bonchev–Trinajstić information content (AvgIpc) is 2.28. The molecule has 1 aliphatic rings. The Hall–Kier alpha value is -0.670. The van der Waals surface area contributed by atoms with Crippen LogP contribution in [0.2, 0.25) is 0 Å². The molecule has 4 heteroatoms. The van der Waals surface area contributed by atoms with Crippen LogP contribution in [-0.4, -0.2) is 9.38 Å². The fourth-order valence-electron chi connectivity index (χ4n) is 1.12. The Morgan fingerprint density at radius 2 is 2.25 bits per heavy atom. The van der Waals surface area contributed by atoms with Crippen molar-refractivity contribution in [2.45, 2.75) is 11.8 Å². The van der Waals surface area contributed by atoms with Gasteiger partial charge in [-0.25, -0.2) is 4.21 Å². The number of halogens is 1. The summed E-state index contributed by atoms with van der Waals surface area (Å²) in [5.74, 6) is 0. The van der Waals surface area contributed by atoms with E-state index in [4.69, 9.17) is 11.6 Å². The van der Waals surface area contributed by atoms with Crippen molar-refractivity contribution in [3.63, 3.8) is 0 Å². The van der Waals surface area contributed by atoms with Crippen molar-refractivity contribution in [2.75, 3.05) is 0 Å². The first-order chi connectivity index (χ1) is 5.68. The van der Waals surface area contributed by atoms with Crippen molar-refractivity contribution in [3.8, 4) is 0 Å². The predicted molar refractivity (Wildman–Crippen MR) is 50.0 cm³/mol. The summed E-state index contributed by atoms with van der Waals surface area (Å²) in [6, 6.07) is 5.63. The van der Waals surface area contributed by atoms with E-state index in [2.05, 4.69) is 4.40 Å². The second kappa shape index (κ2) is 2.68. The Morgan fingerprint density at radius 3 is 3.00 bits per heavy atom. The Balaban J connectivity index is 2.68. The van der Waals surface area contributed by atoms with Crippen LogP contribution in [0, 0.1) is 6.92 Å². The average molecular weight is 200 g/mol. The number of hydrogen-bond acceptors (Lipinski definition) is 1. The fraction of sp³-hybridized carbons (Fsp3) is 0.125. The highest BCUT2D eigenvalue weighted by atomic mass is 35.5. The van der Waals surface area contributed by atoms with Gasteiger partial charge in [-0.1, -0.05) is 23.7 Å². The quantitative estimate of drug-likeness (QED) is 0.629. The molecule has 0 saturated heterocycles. The maximum atomic E-state index is 11.3. The molecule has 1 aromatic carbocycles. The van der Waals surface area contributed by atoms with Crippen LogP contribution in [0.5, 0.6) is 0 Å². The lowest BCUT2D eigenvalue weighted by Crippen LogP contribution is -1.89. The number of rotatable bonds is 0.